The second kappa shape index (κ2) is 7.49. The second-order valence-electron chi connectivity index (χ2n) is 5.91. The molecule has 0 radical (unpaired) electrons. The minimum Gasteiger partial charge on any atom is -0.497 e. The molecule has 1 aliphatic rings. The molecule has 2 aromatic rings. The molecule has 1 saturated heterocycles. The quantitative estimate of drug-likeness (QED) is 0.852. The van der Waals surface area contributed by atoms with Crippen LogP contribution in [0.5, 0.6) is 11.5 Å². The third-order valence-electron chi connectivity index (χ3n) is 4.37. The van der Waals surface area contributed by atoms with Crippen molar-refractivity contribution >= 4 is 0 Å². The lowest BCUT2D eigenvalue weighted by Gasteiger charge is -2.38. The highest BCUT2D eigenvalue weighted by Crippen LogP contribution is 2.19. The van der Waals surface area contributed by atoms with Crippen molar-refractivity contribution in [3.63, 3.8) is 0 Å². The number of ether oxygens (including phenoxy) is 2. The van der Waals surface area contributed by atoms with Gasteiger partial charge in [0.15, 0.2) is 0 Å². The Balaban J connectivity index is 1.69. The number of hydrogen-bond donors (Lipinski definition) is 1. The third kappa shape index (κ3) is 4.03. The molecule has 4 nitrogen and oxygen atoms in total. The number of nitrogens with one attached hydrogen (secondary N) is 1. The van der Waals surface area contributed by atoms with Crippen LogP contribution in [0.4, 0.5) is 0 Å². The molecular weight excluding hydrogens is 288 g/mol. The summed E-state index contributed by atoms with van der Waals surface area (Å²) in [4.78, 5) is 2.53. The van der Waals surface area contributed by atoms with Crippen LogP contribution in [0.15, 0.2) is 48.5 Å². The van der Waals surface area contributed by atoms with Crippen molar-refractivity contribution < 1.29 is 9.47 Å². The Morgan fingerprint density at radius 3 is 1.57 bits per heavy atom. The predicted octanol–water partition coefficient (Wildman–Crippen LogP) is 2.68. The van der Waals surface area contributed by atoms with Gasteiger partial charge in [0.2, 0.25) is 0 Å². The van der Waals surface area contributed by atoms with Crippen molar-refractivity contribution in [3.8, 4) is 11.5 Å². The maximum atomic E-state index is 5.24. The van der Waals surface area contributed by atoms with E-state index in [9.17, 15) is 0 Å². The molecule has 1 N–H and O–H groups in total. The van der Waals surface area contributed by atoms with Crippen molar-refractivity contribution in [2.24, 2.45) is 0 Å². The summed E-state index contributed by atoms with van der Waals surface area (Å²) in [5.74, 6) is 1.81. The van der Waals surface area contributed by atoms with Crippen molar-refractivity contribution in [1.82, 2.24) is 10.2 Å². The minimum absolute atomic E-state index is 0.596. The molecule has 3 rings (SSSR count). The summed E-state index contributed by atoms with van der Waals surface area (Å²) in [5, 5.41) is 3.37. The first-order chi connectivity index (χ1) is 11.3. The lowest BCUT2D eigenvalue weighted by atomic mass is 10.1. The van der Waals surface area contributed by atoms with E-state index >= 15 is 0 Å². The Bertz CT molecular complexity index is 557. The summed E-state index contributed by atoms with van der Waals surface area (Å²) in [6.07, 6.45) is 0. The average molecular weight is 312 g/mol. The smallest absolute Gasteiger partial charge is 0.118 e. The van der Waals surface area contributed by atoms with E-state index in [-0.39, 0.29) is 0 Å². The van der Waals surface area contributed by atoms with E-state index in [1.807, 2.05) is 24.3 Å². The highest BCUT2D eigenvalue weighted by Gasteiger charge is 2.24. The van der Waals surface area contributed by atoms with Crippen LogP contribution in [0, 0.1) is 0 Å². The lowest BCUT2D eigenvalue weighted by Crippen LogP contribution is -2.56. The van der Waals surface area contributed by atoms with Gasteiger partial charge in [-0.25, -0.2) is 0 Å². The molecule has 0 spiro atoms. The average Bonchev–Trinajstić information content (AvgIpc) is 2.54. The van der Waals surface area contributed by atoms with Gasteiger partial charge < -0.3 is 14.8 Å². The molecule has 122 valence electrons. The van der Waals surface area contributed by atoms with Gasteiger partial charge in [0.1, 0.15) is 11.5 Å². The largest absolute Gasteiger partial charge is 0.497 e. The predicted molar refractivity (Wildman–Crippen MR) is 91.9 cm³/mol. The highest BCUT2D eigenvalue weighted by molar-refractivity contribution is 5.29. The molecule has 1 heterocycles. The Hall–Kier alpha value is -2.04. The fourth-order valence-electron chi connectivity index (χ4n) is 2.78. The number of rotatable bonds is 7. The van der Waals surface area contributed by atoms with E-state index in [1.165, 1.54) is 11.1 Å². The van der Waals surface area contributed by atoms with Crippen LogP contribution in [0.25, 0.3) is 0 Å². The normalized spacial score (nSPS) is 14.6. The zero-order chi connectivity index (χ0) is 16.1. The Kier molecular flexibility index (Phi) is 5.16. The molecular formula is C19H24N2O2. The van der Waals surface area contributed by atoms with Crippen LogP contribution >= 0.6 is 0 Å². The van der Waals surface area contributed by atoms with Crippen molar-refractivity contribution in [1.29, 1.82) is 0 Å². The second-order valence-corrected chi connectivity index (χ2v) is 5.91. The maximum absolute atomic E-state index is 5.24. The summed E-state index contributed by atoms with van der Waals surface area (Å²) in [7, 11) is 3.40. The maximum Gasteiger partial charge on any atom is 0.118 e. The van der Waals surface area contributed by atoms with Gasteiger partial charge in [-0.1, -0.05) is 24.3 Å². The fraction of sp³-hybridized carbons (Fsp3) is 0.368. The number of nitrogens with zero attached hydrogens (tertiary/aromatic N) is 1. The molecule has 0 bridgehead atoms. The van der Waals surface area contributed by atoms with Gasteiger partial charge >= 0.3 is 0 Å². The van der Waals surface area contributed by atoms with Crippen LogP contribution < -0.4 is 14.8 Å². The fourth-order valence-corrected chi connectivity index (χ4v) is 2.78. The molecule has 2 aromatic carbocycles. The highest BCUT2D eigenvalue weighted by atomic mass is 16.5. The molecule has 23 heavy (non-hydrogen) atoms. The lowest BCUT2D eigenvalue weighted by molar-refractivity contribution is 0.129. The number of hydrogen-bond acceptors (Lipinski definition) is 4. The van der Waals surface area contributed by atoms with Gasteiger partial charge in [-0.05, 0) is 35.4 Å². The SMILES string of the molecule is COc1ccc(CN(Cc2ccc(OC)cc2)C2CNC2)cc1. The van der Waals surface area contributed by atoms with Crippen molar-refractivity contribution in [3.05, 3.63) is 59.7 Å². The van der Waals surface area contributed by atoms with Crippen LogP contribution in [-0.4, -0.2) is 38.3 Å². The van der Waals surface area contributed by atoms with Gasteiger partial charge in [0.25, 0.3) is 0 Å². The van der Waals surface area contributed by atoms with Gasteiger partial charge in [-0.15, -0.1) is 0 Å². The summed E-state index contributed by atoms with van der Waals surface area (Å²) in [6, 6.07) is 17.3. The topological polar surface area (TPSA) is 33.7 Å². The van der Waals surface area contributed by atoms with E-state index in [0.717, 1.165) is 37.7 Å². The van der Waals surface area contributed by atoms with E-state index in [1.54, 1.807) is 14.2 Å². The van der Waals surface area contributed by atoms with E-state index in [0.29, 0.717) is 6.04 Å². The molecule has 1 aliphatic heterocycles. The first-order valence-corrected chi connectivity index (χ1v) is 7.99. The first-order valence-electron chi connectivity index (χ1n) is 7.99. The van der Waals surface area contributed by atoms with E-state index in [2.05, 4.69) is 34.5 Å². The molecule has 0 unspecified atom stereocenters. The van der Waals surface area contributed by atoms with Crippen LogP contribution in [-0.2, 0) is 13.1 Å². The molecule has 0 atom stereocenters. The summed E-state index contributed by atoms with van der Waals surface area (Å²) in [6.45, 7) is 4.02. The Morgan fingerprint density at radius 2 is 1.26 bits per heavy atom. The summed E-state index contributed by atoms with van der Waals surface area (Å²) >= 11 is 0. The number of methoxy groups -OCH3 is 2. The molecule has 0 saturated carbocycles. The van der Waals surface area contributed by atoms with Crippen LogP contribution in [0.3, 0.4) is 0 Å². The summed E-state index contributed by atoms with van der Waals surface area (Å²) < 4.78 is 10.5. The van der Waals surface area contributed by atoms with Crippen molar-refractivity contribution in [2.75, 3.05) is 27.3 Å². The molecule has 4 heteroatoms. The molecule has 0 amide bonds. The molecule has 1 fully saturated rings. The standard InChI is InChI=1S/C19H24N2O2/c1-22-18-7-3-15(4-8-18)13-21(17-11-20-12-17)14-16-5-9-19(23-2)10-6-16/h3-10,17,20H,11-14H2,1-2H3. The summed E-state index contributed by atoms with van der Waals surface area (Å²) in [5.41, 5.74) is 2.62. The monoisotopic (exact) mass is 312 g/mol. The van der Waals surface area contributed by atoms with Crippen LogP contribution in [0.1, 0.15) is 11.1 Å². The first kappa shape index (κ1) is 15.8. The minimum atomic E-state index is 0.596. The van der Waals surface area contributed by atoms with Gasteiger partial charge in [-0.2, -0.15) is 0 Å². The molecule has 0 aliphatic carbocycles. The van der Waals surface area contributed by atoms with Gasteiger partial charge in [0, 0.05) is 32.2 Å². The third-order valence-corrected chi connectivity index (χ3v) is 4.37. The van der Waals surface area contributed by atoms with E-state index < -0.39 is 0 Å². The van der Waals surface area contributed by atoms with Gasteiger partial charge in [0.05, 0.1) is 14.2 Å². The zero-order valence-electron chi connectivity index (χ0n) is 13.8. The van der Waals surface area contributed by atoms with E-state index in [4.69, 9.17) is 9.47 Å². The Morgan fingerprint density at radius 1 is 0.826 bits per heavy atom. The van der Waals surface area contributed by atoms with Crippen LogP contribution in [0.2, 0.25) is 0 Å². The Labute approximate surface area is 138 Å². The zero-order valence-corrected chi connectivity index (χ0v) is 13.8. The molecule has 0 aromatic heterocycles. The van der Waals surface area contributed by atoms with Crippen molar-refractivity contribution in [2.45, 2.75) is 19.1 Å². The van der Waals surface area contributed by atoms with Gasteiger partial charge in [-0.3, -0.25) is 4.90 Å². The number of benzene rings is 2.